The summed E-state index contributed by atoms with van der Waals surface area (Å²) in [7, 11) is 1.50. The van der Waals surface area contributed by atoms with Crippen LogP contribution >= 0.6 is 15.9 Å². The summed E-state index contributed by atoms with van der Waals surface area (Å²) in [6.45, 7) is 1.72. The van der Waals surface area contributed by atoms with Gasteiger partial charge in [-0.3, -0.25) is 4.79 Å². The molecule has 0 radical (unpaired) electrons. The lowest BCUT2D eigenvalue weighted by molar-refractivity contribution is -0.118. The van der Waals surface area contributed by atoms with E-state index in [1.165, 1.54) is 7.11 Å². The fourth-order valence-corrected chi connectivity index (χ4v) is 2.58. The van der Waals surface area contributed by atoms with Crippen LogP contribution in [-0.2, 0) is 11.4 Å². The molecule has 5 nitrogen and oxygen atoms in total. The van der Waals surface area contributed by atoms with Gasteiger partial charge >= 0.3 is 0 Å². The van der Waals surface area contributed by atoms with Crippen LogP contribution < -0.4 is 14.8 Å². The van der Waals surface area contributed by atoms with Crippen molar-refractivity contribution < 1.29 is 19.4 Å². The van der Waals surface area contributed by atoms with E-state index in [2.05, 4.69) is 21.2 Å². The molecule has 0 bridgehead atoms. The molecular formula is C17H18BrNO4. The average Bonchev–Trinajstić information content (AvgIpc) is 2.55. The van der Waals surface area contributed by atoms with Crippen LogP contribution in [0, 0.1) is 6.92 Å². The number of aliphatic hydroxyl groups excluding tert-OH is 1. The number of benzene rings is 2. The summed E-state index contributed by atoms with van der Waals surface area (Å²) in [6.07, 6.45) is 0. The molecule has 2 rings (SSSR count). The van der Waals surface area contributed by atoms with Gasteiger partial charge in [-0.25, -0.2) is 0 Å². The molecule has 0 fully saturated rings. The summed E-state index contributed by atoms with van der Waals surface area (Å²) in [5, 5.41) is 12.0. The number of carbonyl (C=O) groups excluding carboxylic acids is 1. The van der Waals surface area contributed by atoms with E-state index in [9.17, 15) is 9.90 Å². The van der Waals surface area contributed by atoms with Gasteiger partial charge in [-0.2, -0.15) is 0 Å². The monoisotopic (exact) mass is 379 g/mol. The number of anilines is 1. The van der Waals surface area contributed by atoms with Crippen LogP contribution in [0.15, 0.2) is 40.9 Å². The van der Waals surface area contributed by atoms with Crippen molar-refractivity contribution >= 4 is 27.5 Å². The molecule has 0 spiro atoms. The third-order valence-corrected chi connectivity index (χ3v) is 3.74. The van der Waals surface area contributed by atoms with Gasteiger partial charge < -0.3 is 19.9 Å². The highest BCUT2D eigenvalue weighted by atomic mass is 79.9. The highest BCUT2D eigenvalue weighted by molar-refractivity contribution is 9.10. The Morgan fingerprint density at radius 1 is 1.26 bits per heavy atom. The van der Waals surface area contributed by atoms with E-state index in [0.717, 1.165) is 5.56 Å². The number of nitrogens with one attached hydrogen (secondary N) is 1. The van der Waals surface area contributed by atoms with Crippen molar-refractivity contribution in [2.24, 2.45) is 0 Å². The van der Waals surface area contributed by atoms with E-state index in [-0.39, 0.29) is 19.1 Å². The maximum atomic E-state index is 12.0. The number of carbonyl (C=O) groups is 1. The first-order valence-corrected chi connectivity index (χ1v) is 7.79. The molecule has 0 heterocycles. The molecule has 6 heteroatoms. The maximum absolute atomic E-state index is 12.0. The Morgan fingerprint density at radius 3 is 2.57 bits per heavy atom. The fourth-order valence-electron chi connectivity index (χ4n) is 1.98. The summed E-state index contributed by atoms with van der Waals surface area (Å²) in [5.74, 6) is 0.601. The standard InChI is InChI=1S/C17H18BrNO4/c1-11-3-5-13(6-4-11)19-16(21)10-23-17-14(18)7-12(9-20)8-15(17)22-2/h3-8,20H,9-10H2,1-2H3,(H,19,21). The first-order chi connectivity index (χ1) is 11.0. The van der Waals surface area contributed by atoms with Crippen molar-refractivity contribution in [1.29, 1.82) is 0 Å². The average molecular weight is 380 g/mol. The Hall–Kier alpha value is -2.05. The zero-order valence-electron chi connectivity index (χ0n) is 12.9. The van der Waals surface area contributed by atoms with Crippen molar-refractivity contribution in [2.45, 2.75) is 13.5 Å². The molecule has 0 aliphatic rings. The summed E-state index contributed by atoms with van der Waals surface area (Å²) >= 11 is 3.36. The molecule has 2 N–H and O–H groups in total. The van der Waals surface area contributed by atoms with Gasteiger partial charge in [0.2, 0.25) is 0 Å². The number of hydrogen-bond acceptors (Lipinski definition) is 4. The molecule has 1 amide bonds. The van der Waals surface area contributed by atoms with E-state index in [4.69, 9.17) is 9.47 Å². The third-order valence-electron chi connectivity index (χ3n) is 3.15. The zero-order chi connectivity index (χ0) is 16.8. The minimum Gasteiger partial charge on any atom is -0.493 e. The number of aryl methyl sites for hydroxylation is 1. The van der Waals surface area contributed by atoms with Gasteiger partial charge in [-0.15, -0.1) is 0 Å². The molecule has 2 aromatic carbocycles. The summed E-state index contributed by atoms with van der Waals surface area (Å²) in [4.78, 5) is 12.0. The molecule has 23 heavy (non-hydrogen) atoms. The van der Waals surface area contributed by atoms with Crippen molar-refractivity contribution in [3.8, 4) is 11.5 Å². The quantitative estimate of drug-likeness (QED) is 0.807. The van der Waals surface area contributed by atoms with Gasteiger partial charge in [-0.05, 0) is 52.7 Å². The first-order valence-electron chi connectivity index (χ1n) is 7.00. The normalized spacial score (nSPS) is 10.3. The van der Waals surface area contributed by atoms with E-state index in [0.29, 0.717) is 27.2 Å². The van der Waals surface area contributed by atoms with Crippen LogP contribution in [-0.4, -0.2) is 24.7 Å². The minimum absolute atomic E-state index is 0.108. The predicted molar refractivity (Wildman–Crippen MR) is 91.9 cm³/mol. The lowest BCUT2D eigenvalue weighted by atomic mass is 10.2. The Morgan fingerprint density at radius 2 is 1.96 bits per heavy atom. The number of methoxy groups -OCH3 is 1. The van der Waals surface area contributed by atoms with Gasteiger partial charge in [0, 0.05) is 5.69 Å². The topological polar surface area (TPSA) is 67.8 Å². The Kier molecular flexibility index (Phi) is 6.01. The van der Waals surface area contributed by atoms with Crippen LogP contribution in [0.25, 0.3) is 0 Å². The van der Waals surface area contributed by atoms with Crippen molar-refractivity contribution in [3.63, 3.8) is 0 Å². The van der Waals surface area contributed by atoms with Crippen LogP contribution in [0.1, 0.15) is 11.1 Å². The lowest BCUT2D eigenvalue weighted by Gasteiger charge is -2.14. The Labute approximate surface area is 143 Å². The van der Waals surface area contributed by atoms with E-state index in [1.807, 2.05) is 31.2 Å². The van der Waals surface area contributed by atoms with Crippen LogP contribution in [0.5, 0.6) is 11.5 Å². The van der Waals surface area contributed by atoms with Gasteiger partial charge in [-0.1, -0.05) is 17.7 Å². The van der Waals surface area contributed by atoms with E-state index >= 15 is 0 Å². The predicted octanol–water partition coefficient (Wildman–Crippen LogP) is 3.28. The third kappa shape index (κ3) is 4.71. The smallest absolute Gasteiger partial charge is 0.262 e. The molecule has 0 atom stereocenters. The lowest BCUT2D eigenvalue weighted by Crippen LogP contribution is -2.20. The molecule has 0 saturated carbocycles. The van der Waals surface area contributed by atoms with Gasteiger partial charge in [0.15, 0.2) is 18.1 Å². The number of hydrogen-bond donors (Lipinski definition) is 2. The minimum atomic E-state index is -0.269. The Balaban J connectivity index is 2.02. The summed E-state index contributed by atoms with van der Waals surface area (Å²) < 4.78 is 11.4. The van der Waals surface area contributed by atoms with Crippen molar-refractivity contribution in [1.82, 2.24) is 0 Å². The maximum Gasteiger partial charge on any atom is 0.262 e. The second kappa shape index (κ2) is 7.99. The number of ether oxygens (including phenoxy) is 2. The van der Waals surface area contributed by atoms with E-state index < -0.39 is 0 Å². The highest BCUT2D eigenvalue weighted by Crippen LogP contribution is 2.36. The summed E-state index contributed by atoms with van der Waals surface area (Å²) in [6, 6.07) is 10.9. The molecule has 2 aromatic rings. The van der Waals surface area contributed by atoms with Gasteiger partial charge in [0.1, 0.15) is 0 Å². The number of rotatable bonds is 6. The van der Waals surface area contributed by atoms with Crippen LogP contribution in [0.4, 0.5) is 5.69 Å². The largest absolute Gasteiger partial charge is 0.493 e. The Bertz CT molecular complexity index is 686. The molecule has 122 valence electrons. The molecule has 0 aliphatic carbocycles. The van der Waals surface area contributed by atoms with Gasteiger partial charge in [0.25, 0.3) is 5.91 Å². The van der Waals surface area contributed by atoms with Crippen LogP contribution in [0.2, 0.25) is 0 Å². The van der Waals surface area contributed by atoms with E-state index in [1.54, 1.807) is 12.1 Å². The second-order valence-corrected chi connectivity index (χ2v) is 5.82. The number of amides is 1. The molecular weight excluding hydrogens is 362 g/mol. The zero-order valence-corrected chi connectivity index (χ0v) is 14.5. The SMILES string of the molecule is COc1cc(CO)cc(Br)c1OCC(=O)Nc1ccc(C)cc1. The fraction of sp³-hybridized carbons (Fsp3) is 0.235. The first kappa shape index (κ1) is 17.3. The molecule has 0 unspecified atom stereocenters. The number of aliphatic hydroxyl groups is 1. The van der Waals surface area contributed by atoms with Crippen molar-refractivity contribution in [2.75, 3.05) is 19.0 Å². The number of halogens is 1. The molecule has 0 aromatic heterocycles. The highest BCUT2D eigenvalue weighted by Gasteiger charge is 2.13. The molecule has 0 saturated heterocycles. The molecule has 0 aliphatic heterocycles. The van der Waals surface area contributed by atoms with Crippen molar-refractivity contribution in [3.05, 3.63) is 52.0 Å². The van der Waals surface area contributed by atoms with Crippen LogP contribution in [0.3, 0.4) is 0 Å². The summed E-state index contributed by atoms with van der Waals surface area (Å²) in [5.41, 5.74) is 2.52. The second-order valence-electron chi connectivity index (χ2n) is 4.97. The van der Waals surface area contributed by atoms with Gasteiger partial charge in [0.05, 0.1) is 18.2 Å².